The summed E-state index contributed by atoms with van der Waals surface area (Å²) in [6.07, 6.45) is -0.0934. The van der Waals surface area contributed by atoms with Gasteiger partial charge in [0, 0.05) is 11.0 Å². The smallest absolute Gasteiger partial charge is 0.0959 e. The molecule has 0 bridgehead atoms. The van der Waals surface area contributed by atoms with Gasteiger partial charge in [-0.05, 0) is 32.4 Å². The van der Waals surface area contributed by atoms with E-state index in [2.05, 4.69) is 15.9 Å². The molecule has 0 saturated heterocycles. The summed E-state index contributed by atoms with van der Waals surface area (Å²) in [6, 6.07) is 7.97. The molecular formula is C14H22BrNO2. The fourth-order valence-corrected chi connectivity index (χ4v) is 2.10. The first-order valence-electron chi connectivity index (χ1n) is 6.14. The van der Waals surface area contributed by atoms with Crippen molar-refractivity contribution in [2.75, 3.05) is 19.8 Å². The highest BCUT2D eigenvalue weighted by molar-refractivity contribution is 9.10. The minimum Gasteiger partial charge on any atom is -0.373 e. The van der Waals surface area contributed by atoms with Crippen molar-refractivity contribution in [1.82, 2.24) is 0 Å². The molecule has 1 atom stereocenters. The third-order valence-corrected chi connectivity index (χ3v) is 3.13. The van der Waals surface area contributed by atoms with Crippen LogP contribution in [0.5, 0.6) is 0 Å². The molecule has 0 aliphatic heterocycles. The van der Waals surface area contributed by atoms with E-state index in [-0.39, 0.29) is 11.7 Å². The summed E-state index contributed by atoms with van der Waals surface area (Å²) >= 11 is 3.51. The van der Waals surface area contributed by atoms with E-state index in [1.54, 1.807) is 0 Å². The van der Waals surface area contributed by atoms with Crippen molar-refractivity contribution in [2.24, 2.45) is 5.73 Å². The Hall–Kier alpha value is -0.420. The maximum atomic E-state index is 5.77. The zero-order valence-electron chi connectivity index (χ0n) is 11.3. The fourth-order valence-electron chi connectivity index (χ4n) is 1.56. The van der Waals surface area contributed by atoms with Gasteiger partial charge in [-0.25, -0.2) is 0 Å². The largest absolute Gasteiger partial charge is 0.373 e. The minimum absolute atomic E-state index is 0.0934. The normalized spacial score (nSPS) is 13.6. The molecule has 102 valence electrons. The lowest BCUT2D eigenvalue weighted by Gasteiger charge is -2.22. The highest BCUT2D eigenvalue weighted by atomic mass is 79.9. The predicted molar refractivity (Wildman–Crippen MR) is 77.6 cm³/mol. The molecule has 0 radical (unpaired) electrons. The molecule has 0 aliphatic carbocycles. The summed E-state index contributed by atoms with van der Waals surface area (Å²) in [5, 5.41) is 0. The standard InChI is InChI=1S/C14H22BrNO2/c1-14(2,3)18-9-8-17-13(10-16)11-6-4-5-7-12(11)15/h4-7,13H,8-10,16H2,1-3H3. The van der Waals surface area contributed by atoms with Crippen LogP contribution in [0.15, 0.2) is 28.7 Å². The first-order valence-corrected chi connectivity index (χ1v) is 6.93. The topological polar surface area (TPSA) is 44.5 Å². The van der Waals surface area contributed by atoms with Gasteiger partial charge in [-0.3, -0.25) is 0 Å². The van der Waals surface area contributed by atoms with Crippen molar-refractivity contribution in [3.8, 4) is 0 Å². The minimum atomic E-state index is -0.130. The van der Waals surface area contributed by atoms with Gasteiger partial charge < -0.3 is 15.2 Å². The molecule has 1 aromatic carbocycles. The Morgan fingerprint density at radius 1 is 1.22 bits per heavy atom. The van der Waals surface area contributed by atoms with Crippen molar-refractivity contribution in [3.63, 3.8) is 0 Å². The molecule has 0 heterocycles. The second-order valence-corrected chi connectivity index (χ2v) is 5.93. The Morgan fingerprint density at radius 2 is 1.89 bits per heavy atom. The molecule has 1 unspecified atom stereocenters. The molecule has 0 spiro atoms. The Balaban J connectivity index is 2.46. The number of hydrogen-bond acceptors (Lipinski definition) is 3. The van der Waals surface area contributed by atoms with Gasteiger partial charge in [0.15, 0.2) is 0 Å². The van der Waals surface area contributed by atoms with E-state index < -0.39 is 0 Å². The van der Waals surface area contributed by atoms with Gasteiger partial charge in [-0.2, -0.15) is 0 Å². The number of hydrogen-bond donors (Lipinski definition) is 1. The average Bonchev–Trinajstić information content (AvgIpc) is 2.29. The van der Waals surface area contributed by atoms with E-state index in [4.69, 9.17) is 15.2 Å². The third-order valence-electron chi connectivity index (χ3n) is 2.40. The van der Waals surface area contributed by atoms with Gasteiger partial charge in [0.2, 0.25) is 0 Å². The summed E-state index contributed by atoms with van der Waals surface area (Å²) in [4.78, 5) is 0. The Morgan fingerprint density at radius 3 is 2.44 bits per heavy atom. The van der Waals surface area contributed by atoms with E-state index in [1.807, 2.05) is 45.0 Å². The van der Waals surface area contributed by atoms with Crippen LogP contribution in [0.4, 0.5) is 0 Å². The molecular weight excluding hydrogens is 294 g/mol. The number of benzene rings is 1. The summed E-state index contributed by atoms with van der Waals surface area (Å²) in [5.74, 6) is 0. The van der Waals surface area contributed by atoms with Crippen LogP contribution in [0.1, 0.15) is 32.4 Å². The van der Waals surface area contributed by atoms with E-state index >= 15 is 0 Å². The highest BCUT2D eigenvalue weighted by Gasteiger charge is 2.14. The van der Waals surface area contributed by atoms with Crippen LogP contribution in [-0.4, -0.2) is 25.4 Å². The third kappa shape index (κ3) is 5.48. The van der Waals surface area contributed by atoms with Gasteiger partial charge in [-0.1, -0.05) is 34.1 Å². The van der Waals surface area contributed by atoms with Crippen LogP contribution >= 0.6 is 15.9 Å². The Labute approximate surface area is 118 Å². The molecule has 0 fully saturated rings. The molecule has 3 nitrogen and oxygen atoms in total. The first-order chi connectivity index (χ1) is 8.44. The van der Waals surface area contributed by atoms with Gasteiger partial charge in [0.25, 0.3) is 0 Å². The van der Waals surface area contributed by atoms with Crippen molar-refractivity contribution < 1.29 is 9.47 Å². The van der Waals surface area contributed by atoms with Crippen LogP contribution in [0, 0.1) is 0 Å². The highest BCUT2D eigenvalue weighted by Crippen LogP contribution is 2.25. The second kappa shape index (κ2) is 7.24. The number of nitrogens with two attached hydrogens (primary N) is 1. The molecule has 0 aromatic heterocycles. The summed E-state index contributed by atoms with van der Waals surface area (Å²) in [6.45, 7) is 7.66. The molecule has 2 N–H and O–H groups in total. The fraction of sp³-hybridized carbons (Fsp3) is 0.571. The Bertz CT molecular complexity index is 363. The zero-order chi connectivity index (χ0) is 13.6. The Kier molecular flexibility index (Phi) is 6.29. The van der Waals surface area contributed by atoms with Crippen molar-refractivity contribution in [1.29, 1.82) is 0 Å². The summed E-state index contributed by atoms with van der Waals surface area (Å²) < 4.78 is 12.4. The maximum Gasteiger partial charge on any atom is 0.0959 e. The van der Waals surface area contributed by atoms with Crippen LogP contribution in [-0.2, 0) is 9.47 Å². The van der Waals surface area contributed by atoms with E-state index in [9.17, 15) is 0 Å². The second-order valence-electron chi connectivity index (χ2n) is 5.08. The van der Waals surface area contributed by atoms with Gasteiger partial charge in [-0.15, -0.1) is 0 Å². The van der Waals surface area contributed by atoms with Gasteiger partial charge >= 0.3 is 0 Å². The first kappa shape index (κ1) is 15.6. The molecule has 0 aliphatic rings. The number of halogens is 1. The molecule has 1 rings (SSSR count). The van der Waals surface area contributed by atoms with Crippen LogP contribution in [0.2, 0.25) is 0 Å². The van der Waals surface area contributed by atoms with Gasteiger partial charge in [0.1, 0.15) is 0 Å². The molecule has 1 aromatic rings. The lowest BCUT2D eigenvalue weighted by molar-refractivity contribution is -0.0507. The van der Waals surface area contributed by atoms with E-state index in [0.29, 0.717) is 19.8 Å². The van der Waals surface area contributed by atoms with Crippen LogP contribution < -0.4 is 5.73 Å². The monoisotopic (exact) mass is 315 g/mol. The molecule has 18 heavy (non-hydrogen) atoms. The van der Waals surface area contributed by atoms with Crippen molar-refractivity contribution in [3.05, 3.63) is 34.3 Å². The maximum absolute atomic E-state index is 5.77. The molecule has 0 amide bonds. The van der Waals surface area contributed by atoms with Crippen LogP contribution in [0.3, 0.4) is 0 Å². The molecule has 4 heteroatoms. The van der Waals surface area contributed by atoms with Crippen LogP contribution in [0.25, 0.3) is 0 Å². The van der Waals surface area contributed by atoms with Crippen molar-refractivity contribution >= 4 is 15.9 Å². The predicted octanol–water partition coefficient (Wildman–Crippen LogP) is 3.28. The summed E-state index contributed by atoms with van der Waals surface area (Å²) in [7, 11) is 0. The number of rotatable bonds is 6. The zero-order valence-corrected chi connectivity index (χ0v) is 12.9. The SMILES string of the molecule is CC(C)(C)OCCOC(CN)c1ccccc1Br. The molecule has 0 saturated carbocycles. The lowest BCUT2D eigenvalue weighted by Crippen LogP contribution is -2.24. The van der Waals surface area contributed by atoms with Gasteiger partial charge in [0.05, 0.1) is 24.9 Å². The van der Waals surface area contributed by atoms with Crippen molar-refractivity contribution in [2.45, 2.75) is 32.5 Å². The van der Waals surface area contributed by atoms with E-state index in [1.165, 1.54) is 0 Å². The van der Waals surface area contributed by atoms with E-state index in [0.717, 1.165) is 10.0 Å². The summed E-state index contributed by atoms with van der Waals surface area (Å²) in [5.41, 5.74) is 6.70. The average molecular weight is 316 g/mol. The lowest BCUT2D eigenvalue weighted by atomic mass is 10.1. The number of ether oxygens (including phenoxy) is 2. The quantitative estimate of drug-likeness (QED) is 0.819.